The highest BCUT2D eigenvalue weighted by Gasteiger charge is 2.17. The van der Waals surface area contributed by atoms with E-state index in [0.717, 1.165) is 5.69 Å². The molecular weight excluding hydrogens is 220 g/mol. The fourth-order valence-electron chi connectivity index (χ4n) is 1.87. The summed E-state index contributed by atoms with van der Waals surface area (Å²) >= 11 is 0. The van der Waals surface area contributed by atoms with E-state index in [1.165, 1.54) is 11.0 Å². The molecule has 1 fully saturated rings. The van der Waals surface area contributed by atoms with Crippen LogP contribution in [0, 0.1) is 10.1 Å². The van der Waals surface area contributed by atoms with Crippen LogP contribution in [-0.4, -0.2) is 43.0 Å². The molecule has 1 aromatic rings. The molecule has 1 aliphatic heterocycles. The average molecular weight is 239 g/mol. The van der Waals surface area contributed by atoms with E-state index in [1.807, 2.05) is 4.90 Å². The summed E-state index contributed by atoms with van der Waals surface area (Å²) in [6.45, 7) is -0.118. The van der Waals surface area contributed by atoms with Crippen LogP contribution in [-0.2, 0) is 0 Å². The third-order valence-corrected chi connectivity index (χ3v) is 2.85. The van der Waals surface area contributed by atoms with Crippen molar-refractivity contribution in [2.75, 3.05) is 43.8 Å². The van der Waals surface area contributed by atoms with E-state index >= 15 is 0 Å². The van der Waals surface area contributed by atoms with E-state index in [9.17, 15) is 10.1 Å². The summed E-state index contributed by atoms with van der Waals surface area (Å²) in [7, 11) is 0. The van der Waals surface area contributed by atoms with Gasteiger partial charge < -0.3 is 15.5 Å². The number of piperazine rings is 1. The van der Waals surface area contributed by atoms with Crippen LogP contribution in [0.4, 0.5) is 17.1 Å². The van der Waals surface area contributed by atoms with Crippen LogP contribution < -0.4 is 10.6 Å². The van der Waals surface area contributed by atoms with Gasteiger partial charge in [-0.15, -0.1) is 0 Å². The molecule has 0 bridgehead atoms. The number of likely N-dealkylation sites (N-methyl/N-ethyl adjacent to an activating group) is 1. The molecular formula is C11H16N4O2. The lowest BCUT2D eigenvalue weighted by molar-refractivity contribution is -0.383. The fraction of sp³-hybridized carbons (Fsp3) is 0.455. The quantitative estimate of drug-likeness (QED) is 0.472. The van der Waals surface area contributed by atoms with Crippen LogP contribution in [0.15, 0.2) is 18.2 Å². The summed E-state index contributed by atoms with van der Waals surface area (Å²) < 4.78 is 22.1. The van der Waals surface area contributed by atoms with Gasteiger partial charge in [0, 0.05) is 42.0 Å². The summed E-state index contributed by atoms with van der Waals surface area (Å²) in [6.07, 6.45) is 0. The molecule has 1 saturated heterocycles. The Hall–Kier alpha value is -1.82. The molecule has 0 aliphatic carbocycles. The molecule has 0 aromatic heterocycles. The Bertz CT molecular complexity index is 513. The first-order chi connectivity index (χ1) is 9.29. The van der Waals surface area contributed by atoms with Gasteiger partial charge >= 0.3 is 0 Å². The maximum Gasteiger partial charge on any atom is 0.292 e. The molecule has 0 radical (unpaired) electrons. The number of nitro groups is 1. The molecule has 17 heavy (non-hydrogen) atoms. The van der Waals surface area contributed by atoms with Crippen molar-refractivity contribution in [1.82, 2.24) is 4.90 Å². The van der Waals surface area contributed by atoms with E-state index in [1.54, 1.807) is 12.1 Å². The first-order valence-corrected chi connectivity index (χ1v) is 5.33. The highest BCUT2D eigenvalue weighted by atomic mass is 16.6. The lowest BCUT2D eigenvalue weighted by Gasteiger charge is -2.34. The third kappa shape index (κ3) is 2.47. The molecule has 0 unspecified atom stereocenters. The lowest BCUT2D eigenvalue weighted by atomic mass is 10.2. The van der Waals surface area contributed by atoms with Crippen molar-refractivity contribution in [2.24, 2.45) is 0 Å². The predicted octanol–water partition coefficient (Wildman–Crippen LogP) is 0.929. The normalized spacial score (nSPS) is 20.5. The Labute approximate surface area is 104 Å². The summed E-state index contributed by atoms with van der Waals surface area (Å²) in [4.78, 5) is 13.6. The summed E-state index contributed by atoms with van der Waals surface area (Å²) in [5.74, 6) is 0. The van der Waals surface area contributed by atoms with E-state index in [0.29, 0.717) is 26.2 Å². The minimum Gasteiger partial charge on any atom is -0.393 e. The van der Waals surface area contributed by atoms with Crippen molar-refractivity contribution >= 4 is 17.1 Å². The number of hydrogen-bond acceptors (Lipinski definition) is 5. The van der Waals surface area contributed by atoms with Crippen molar-refractivity contribution in [3.63, 3.8) is 0 Å². The molecule has 2 rings (SSSR count). The van der Waals surface area contributed by atoms with Gasteiger partial charge in [0.25, 0.3) is 5.69 Å². The molecule has 0 amide bonds. The van der Waals surface area contributed by atoms with Crippen molar-refractivity contribution in [3.8, 4) is 0 Å². The van der Waals surface area contributed by atoms with Crippen molar-refractivity contribution in [3.05, 3.63) is 28.3 Å². The van der Waals surface area contributed by atoms with Gasteiger partial charge in [-0.1, -0.05) is 0 Å². The fourth-order valence-corrected chi connectivity index (χ4v) is 1.87. The van der Waals surface area contributed by atoms with E-state index < -0.39 is 11.9 Å². The number of hydrogen-bond donors (Lipinski definition) is 1. The van der Waals surface area contributed by atoms with Crippen LogP contribution in [0.25, 0.3) is 0 Å². The Balaban J connectivity index is 2.08. The van der Waals surface area contributed by atoms with Crippen LogP contribution in [0.5, 0.6) is 0 Å². The number of nitro benzene ring substituents is 1. The molecule has 1 aromatic carbocycles. The zero-order chi connectivity index (χ0) is 14.9. The van der Waals surface area contributed by atoms with Crippen molar-refractivity contribution in [1.29, 1.82) is 0 Å². The third-order valence-electron chi connectivity index (χ3n) is 2.85. The highest BCUT2D eigenvalue weighted by Crippen LogP contribution is 2.27. The van der Waals surface area contributed by atoms with Gasteiger partial charge in [0.2, 0.25) is 0 Å². The number of nitrogen functional groups attached to an aromatic ring is 1. The molecule has 2 N–H and O–H groups in total. The molecule has 0 atom stereocenters. The summed E-state index contributed by atoms with van der Waals surface area (Å²) in [6, 6.07) is 4.57. The molecule has 92 valence electrons. The average Bonchev–Trinajstić information content (AvgIpc) is 2.37. The maximum atomic E-state index is 10.7. The SMILES string of the molecule is [2H]C([2H])([2H])N1CCN(c2ccc([N+](=O)[O-])c(N)c2)CC1. The van der Waals surface area contributed by atoms with Crippen LogP contribution >= 0.6 is 0 Å². The Morgan fingerprint density at radius 1 is 1.41 bits per heavy atom. The molecule has 6 nitrogen and oxygen atoms in total. The lowest BCUT2D eigenvalue weighted by Crippen LogP contribution is -2.44. The number of benzene rings is 1. The van der Waals surface area contributed by atoms with Crippen LogP contribution in [0.1, 0.15) is 4.11 Å². The van der Waals surface area contributed by atoms with Gasteiger partial charge in [-0.25, -0.2) is 0 Å². The molecule has 6 heteroatoms. The maximum absolute atomic E-state index is 10.7. The van der Waals surface area contributed by atoms with Crippen LogP contribution in [0.3, 0.4) is 0 Å². The zero-order valence-electron chi connectivity index (χ0n) is 12.3. The van der Waals surface area contributed by atoms with Gasteiger partial charge in [-0.2, -0.15) is 0 Å². The molecule has 0 spiro atoms. The predicted molar refractivity (Wildman–Crippen MR) is 67.2 cm³/mol. The largest absolute Gasteiger partial charge is 0.393 e. The van der Waals surface area contributed by atoms with Gasteiger partial charge in [0.05, 0.1) is 4.92 Å². The Kier molecular flexibility index (Phi) is 2.24. The molecule has 0 saturated carbocycles. The minimum absolute atomic E-state index is 0.116. The van der Waals surface area contributed by atoms with E-state index in [4.69, 9.17) is 9.85 Å². The monoisotopic (exact) mass is 239 g/mol. The number of rotatable bonds is 2. The highest BCUT2D eigenvalue weighted by molar-refractivity contribution is 5.66. The summed E-state index contributed by atoms with van der Waals surface area (Å²) in [5, 5.41) is 10.7. The number of nitrogens with two attached hydrogens (primary N) is 1. The first-order valence-electron chi connectivity index (χ1n) is 6.83. The second-order valence-electron chi connectivity index (χ2n) is 3.97. The number of nitrogens with zero attached hydrogens (tertiary/aromatic N) is 3. The van der Waals surface area contributed by atoms with Gasteiger partial charge in [0.15, 0.2) is 0 Å². The minimum atomic E-state index is -2.07. The second-order valence-corrected chi connectivity index (χ2v) is 3.97. The van der Waals surface area contributed by atoms with Crippen molar-refractivity contribution < 1.29 is 9.04 Å². The molecule has 1 aliphatic rings. The standard InChI is InChI=1S/C11H16N4O2/c1-13-4-6-14(7-5-13)9-2-3-11(15(16)17)10(12)8-9/h2-3,8H,4-7,12H2,1H3/i1D3. The second kappa shape index (κ2) is 4.58. The smallest absolute Gasteiger partial charge is 0.292 e. The molecule has 1 heterocycles. The zero-order valence-corrected chi connectivity index (χ0v) is 9.30. The van der Waals surface area contributed by atoms with E-state index in [-0.39, 0.29) is 11.4 Å². The van der Waals surface area contributed by atoms with Gasteiger partial charge in [0.1, 0.15) is 5.69 Å². The van der Waals surface area contributed by atoms with Gasteiger partial charge in [-0.3, -0.25) is 10.1 Å². The Morgan fingerprint density at radius 2 is 2.12 bits per heavy atom. The van der Waals surface area contributed by atoms with Crippen LogP contribution in [0.2, 0.25) is 0 Å². The summed E-state index contributed by atoms with van der Waals surface area (Å²) in [5.41, 5.74) is 6.43. The number of anilines is 2. The van der Waals surface area contributed by atoms with Crippen molar-refractivity contribution in [2.45, 2.75) is 0 Å². The Morgan fingerprint density at radius 3 is 2.65 bits per heavy atom. The first kappa shape index (κ1) is 8.30. The topological polar surface area (TPSA) is 75.6 Å². The van der Waals surface area contributed by atoms with E-state index in [2.05, 4.69) is 0 Å². The van der Waals surface area contributed by atoms with Gasteiger partial charge in [-0.05, 0) is 19.1 Å².